The Kier molecular flexibility index (Phi) is 6.30. The molecule has 0 aliphatic heterocycles. The summed E-state index contributed by atoms with van der Waals surface area (Å²) >= 11 is 0. The number of aliphatic hydroxyl groups excluding tert-OH is 1. The molecule has 0 aromatic heterocycles. The minimum atomic E-state index is -0.718. The molecule has 0 aliphatic carbocycles. The number of nitro groups is 1. The Balaban J connectivity index is 1.73. The highest BCUT2D eigenvalue weighted by atomic mass is 16.6. The topological polar surface area (TPSA) is 66.6 Å². The average Bonchev–Trinajstić information content (AvgIpc) is 2.72. The first-order valence-electron chi connectivity index (χ1n) is 8.88. The Bertz CT molecular complexity index is 852. The van der Waals surface area contributed by atoms with Crippen LogP contribution in [0.25, 0.3) is 0 Å². The fraction of sp³-hybridized carbons (Fsp3) is 0.182. The van der Waals surface area contributed by atoms with Gasteiger partial charge in [0.1, 0.15) is 6.23 Å². The number of rotatable bonds is 8. The second-order valence-corrected chi connectivity index (χ2v) is 6.41. The maximum absolute atomic E-state index is 10.9. The highest BCUT2D eigenvalue weighted by Crippen LogP contribution is 2.21. The van der Waals surface area contributed by atoms with Gasteiger partial charge in [0, 0.05) is 25.2 Å². The molecule has 138 valence electrons. The van der Waals surface area contributed by atoms with Gasteiger partial charge in [0.15, 0.2) is 0 Å². The van der Waals surface area contributed by atoms with Gasteiger partial charge in [-0.05, 0) is 23.1 Å². The molecule has 3 aromatic rings. The molecule has 0 heterocycles. The van der Waals surface area contributed by atoms with Crippen LogP contribution in [0.5, 0.6) is 0 Å². The molecule has 1 N–H and O–H groups in total. The molecular formula is C22H22N2O3. The van der Waals surface area contributed by atoms with Crippen molar-refractivity contribution in [2.24, 2.45) is 0 Å². The summed E-state index contributed by atoms with van der Waals surface area (Å²) in [6.45, 7) is 1.24. The van der Waals surface area contributed by atoms with Crippen LogP contribution in [0.15, 0.2) is 84.9 Å². The van der Waals surface area contributed by atoms with Gasteiger partial charge in [-0.3, -0.25) is 15.0 Å². The van der Waals surface area contributed by atoms with Crippen LogP contribution in [0.4, 0.5) is 5.69 Å². The molecule has 0 unspecified atom stereocenters. The summed E-state index contributed by atoms with van der Waals surface area (Å²) in [5, 5.41) is 21.7. The second kappa shape index (κ2) is 9.07. The van der Waals surface area contributed by atoms with Crippen LogP contribution in [0, 0.1) is 10.1 Å². The molecule has 0 amide bonds. The summed E-state index contributed by atoms with van der Waals surface area (Å²) in [5.74, 6) is 0. The average molecular weight is 362 g/mol. The lowest BCUT2D eigenvalue weighted by atomic mass is 10.1. The first-order chi connectivity index (χ1) is 13.1. The summed E-state index contributed by atoms with van der Waals surface area (Å²) < 4.78 is 0. The fourth-order valence-corrected chi connectivity index (χ4v) is 3.00. The fourth-order valence-electron chi connectivity index (χ4n) is 3.00. The van der Waals surface area contributed by atoms with Crippen LogP contribution in [0.1, 0.15) is 22.9 Å². The molecule has 0 saturated heterocycles. The molecule has 0 radical (unpaired) electrons. The van der Waals surface area contributed by atoms with Crippen LogP contribution in [0.3, 0.4) is 0 Å². The zero-order valence-corrected chi connectivity index (χ0v) is 14.9. The molecule has 1 atom stereocenters. The van der Waals surface area contributed by atoms with Gasteiger partial charge in [-0.2, -0.15) is 0 Å². The van der Waals surface area contributed by atoms with Crippen molar-refractivity contribution in [3.63, 3.8) is 0 Å². The first kappa shape index (κ1) is 18.8. The Morgan fingerprint density at radius 1 is 0.852 bits per heavy atom. The second-order valence-electron chi connectivity index (χ2n) is 6.41. The molecule has 5 nitrogen and oxygen atoms in total. The van der Waals surface area contributed by atoms with Gasteiger partial charge in [0.25, 0.3) is 5.69 Å². The number of hydrogen-bond acceptors (Lipinski definition) is 4. The van der Waals surface area contributed by atoms with Crippen molar-refractivity contribution in [3.05, 3.63) is 112 Å². The molecule has 27 heavy (non-hydrogen) atoms. The highest BCUT2D eigenvalue weighted by Gasteiger charge is 2.18. The molecule has 5 heteroatoms. The number of benzene rings is 3. The van der Waals surface area contributed by atoms with Gasteiger partial charge in [0.2, 0.25) is 0 Å². The predicted octanol–water partition coefficient (Wildman–Crippen LogP) is 4.33. The third-order valence-corrected chi connectivity index (χ3v) is 4.51. The molecule has 3 aromatic carbocycles. The maximum Gasteiger partial charge on any atom is 0.269 e. The lowest BCUT2D eigenvalue weighted by Crippen LogP contribution is -2.30. The molecule has 0 spiro atoms. The van der Waals surface area contributed by atoms with Crippen LogP contribution in [0.2, 0.25) is 0 Å². The van der Waals surface area contributed by atoms with Gasteiger partial charge in [-0.25, -0.2) is 0 Å². The van der Waals surface area contributed by atoms with E-state index in [0.29, 0.717) is 19.5 Å². The van der Waals surface area contributed by atoms with Crippen molar-refractivity contribution < 1.29 is 10.0 Å². The third-order valence-electron chi connectivity index (χ3n) is 4.51. The first-order valence-corrected chi connectivity index (χ1v) is 8.88. The Hall–Kier alpha value is -3.02. The van der Waals surface area contributed by atoms with E-state index in [1.807, 2.05) is 65.6 Å². The van der Waals surface area contributed by atoms with E-state index in [2.05, 4.69) is 0 Å². The molecule has 3 rings (SSSR count). The minimum absolute atomic E-state index is 0.0872. The van der Waals surface area contributed by atoms with Gasteiger partial charge in [-0.1, -0.05) is 72.8 Å². The SMILES string of the molecule is O=[N+]([O-])c1ccc(CCN(Cc2ccccc2)[C@@H](O)c2ccccc2)cc1. The zero-order chi connectivity index (χ0) is 19.1. The zero-order valence-electron chi connectivity index (χ0n) is 14.9. The monoisotopic (exact) mass is 362 g/mol. The van der Waals surface area contributed by atoms with Crippen molar-refractivity contribution in [3.8, 4) is 0 Å². The molecule has 0 bridgehead atoms. The molecule has 0 fully saturated rings. The van der Waals surface area contributed by atoms with E-state index in [-0.39, 0.29) is 5.69 Å². The minimum Gasteiger partial charge on any atom is -0.374 e. The van der Waals surface area contributed by atoms with Crippen molar-refractivity contribution in [2.75, 3.05) is 6.54 Å². The highest BCUT2D eigenvalue weighted by molar-refractivity contribution is 5.33. The van der Waals surface area contributed by atoms with Gasteiger partial charge >= 0.3 is 0 Å². The van der Waals surface area contributed by atoms with E-state index in [9.17, 15) is 15.2 Å². The summed E-state index contributed by atoms with van der Waals surface area (Å²) in [4.78, 5) is 12.4. The van der Waals surface area contributed by atoms with E-state index in [1.165, 1.54) is 12.1 Å². The largest absolute Gasteiger partial charge is 0.374 e. The Morgan fingerprint density at radius 2 is 1.44 bits per heavy atom. The van der Waals surface area contributed by atoms with Crippen molar-refractivity contribution in [2.45, 2.75) is 19.2 Å². The normalized spacial score (nSPS) is 12.1. The lowest BCUT2D eigenvalue weighted by molar-refractivity contribution is -0.384. The van der Waals surface area contributed by atoms with E-state index >= 15 is 0 Å². The van der Waals surface area contributed by atoms with Gasteiger partial charge in [0.05, 0.1) is 4.92 Å². The molecule has 0 saturated carbocycles. The molecular weight excluding hydrogens is 340 g/mol. The van der Waals surface area contributed by atoms with E-state index in [4.69, 9.17) is 0 Å². The van der Waals surface area contributed by atoms with E-state index in [0.717, 1.165) is 16.7 Å². The maximum atomic E-state index is 10.9. The Morgan fingerprint density at radius 3 is 2.04 bits per heavy atom. The summed E-state index contributed by atoms with van der Waals surface area (Å²) in [6.07, 6.45) is -0.0289. The number of nitro benzene ring substituents is 1. The quantitative estimate of drug-likeness (QED) is 0.368. The number of nitrogens with zero attached hydrogens (tertiary/aromatic N) is 2. The number of hydrogen-bond donors (Lipinski definition) is 1. The lowest BCUT2D eigenvalue weighted by Gasteiger charge is -2.28. The number of aliphatic hydroxyl groups is 1. The van der Waals surface area contributed by atoms with E-state index < -0.39 is 11.2 Å². The van der Waals surface area contributed by atoms with Crippen LogP contribution < -0.4 is 0 Å². The number of non-ortho nitro benzene ring substituents is 1. The van der Waals surface area contributed by atoms with Gasteiger partial charge < -0.3 is 5.11 Å². The van der Waals surface area contributed by atoms with Crippen molar-refractivity contribution in [1.29, 1.82) is 0 Å². The van der Waals surface area contributed by atoms with E-state index in [1.54, 1.807) is 12.1 Å². The summed E-state index contributed by atoms with van der Waals surface area (Å²) in [6, 6.07) is 26.2. The Labute approximate surface area is 158 Å². The van der Waals surface area contributed by atoms with Crippen molar-refractivity contribution >= 4 is 5.69 Å². The predicted molar refractivity (Wildman–Crippen MR) is 105 cm³/mol. The van der Waals surface area contributed by atoms with Crippen LogP contribution >= 0.6 is 0 Å². The van der Waals surface area contributed by atoms with Crippen LogP contribution in [-0.4, -0.2) is 21.5 Å². The standard InChI is InChI=1S/C22H22N2O3/c25-22(20-9-5-2-6-10-20)23(17-19-7-3-1-4-8-19)16-15-18-11-13-21(14-12-18)24(26)27/h1-14,22,25H,15-17H2/t22-/m0/s1. The smallest absolute Gasteiger partial charge is 0.269 e. The van der Waals surface area contributed by atoms with Crippen LogP contribution in [-0.2, 0) is 13.0 Å². The summed E-state index contributed by atoms with van der Waals surface area (Å²) in [7, 11) is 0. The van der Waals surface area contributed by atoms with Crippen molar-refractivity contribution in [1.82, 2.24) is 4.90 Å². The molecule has 0 aliphatic rings. The van der Waals surface area contributed by atoms with Gasteiger partial charge in [-0.15, -0.1) is 0 Å². The third kappa shape index (κ3) is 5.23. The summed E-state index contributed by atoms with van der Waals surface area (Å²) in [5.41, 5.74) is 3.05.